The van der Waals surface area contributed by atoms with Gasteiger partial charge in [0.2, 0.25) is 0 Å². The van der Waals surface area contributed by atoms with Gasteiger partial charge in [0.1, 0.15) is 0 Å². The molecule has 1 unspecified atom stereocenters. The molecule has 1 N–H and O–H groups in total. The topological polar surface area (TPSA) is 35.8 Å². The van der Waals surface area contributed by atoms with E-state index in [1.54, 1.807) is 0 Å². The van der Waals surface area contributed by atoms with Crippen LogP contribution in [0.15, 0.2) is 15.9 Å². The highest BCUT2D eigenvalue weighted by molar-refractivity contribution is 9.11. The summed E-state index contributed by atoms with van der Waals surface area (Å²) in [7, 11) is 0. The fourth-order valence-corrected chi connectivity index (χ4v) is 2.47. The number of hydrogen-bond acceptors (Lipinski definition) is 3. The SMILES string of the molecule is N#CC(CNCc1ccc(Br)s1)C(F)(F)F. The minimum absolute atomic E-state index is 0.338. The average molecular weight is 313 g/mol. The first-order valence-corrected chi connectivity index (χ1v) is 5.95. The highest BCUT2D eigenvalue weighted by Gasteiger charge is 2.39. The van der Waals surface area contributed by atoms with E-state index in [1.165, 1.54) is 17.4 Å². The van der Waals surface area contributed by atoms with Crippen LogP contribution in [0.3, 0.4) is 0 Å². The van der Waals surface area contributed by atoms with Gasteiger partial charge in [-0.05, 0) is 28.1 Å². The Morgan fingerprint density at radius 1 is 1.50 bits per heavy atom. The van der Waals surface area contributed by atoms with Crippen molar-refractivity contribution in [1.82, 2.24) is 5.32 Å². The lowest BCUT2D eigenvalue weighted by molar-refractivity contribution is -0.157. The maximum absolute atomic E-state index is 12.2. The summed E-state index contributed by atoms with van der Waals surface area (Å²) in [5, 5.41) is 11.0. The normalized spacial score (nSPS) is 13.4. The van der Waals surface area contributed by atoms with Crippen LogP contribution in [0.2, 0.25) is 0 Å². The fraction of sp³-hybridized carbons (Fsp3) is 0.444. The molecule has 0 aromatic carbocycles. The molecule has 0 saturated heterocycles. The van der Waals surface area contributed by atoms with Gasteiger partial charge in [0, 0.05) is 18.0 Å². The van der Waals surface area contributed by atoms with Crippen LogP contribution in [-0.2, 0) is 6.54 Å². The minimum Gasteiger partial charge on any atom is -0.310 e. The number of nitriles is 1. The molecule has 1 atom stereocenters. The van der Waals surface area contributed by atoms with E-state index in [9.17, 15) is 13.2 Å². The molecule has 0 aliphatic rings. The summed E-state index contributed by atoms with van der Waals surface area (Å²) < 4.78 is 37.5. The quantitative estimate of drug-likeness (QED) is 0.926. The summed E-state index contributed by atoms with van der Waals surface area (Å²) in [6.07, 6.45) is -4.46. The molecule has 0 fully saturated rings. The number of nitrogens with zero attached hydrogens (tertiary/aromatic N) is 1. The second-order valence-corrected chi connectivity index (χ2v) is 5.61. The predicted molar refractivity (Wildman–Crippen MR) is 58.9 cm³/mol. The van der Waals surface area contributed by atoms with Gasteiger partial charge >= 0.3 is 6.18 Å². The predicted octanol–water partition coefficient (Wildman–Crippen LogP) is 3.30. The van der Waals surface area contributed by atoms with E-state index in [2.05, 4.69) is 21.2 Å². The summed E-state index contributed by atoms with van der Waals surface area (Å²) in [5.74, 6) is -1.95. The molecule has 0 radical (unpaired) electrons. The molecule has 0 spiro atoms. The van der Waals surface area contributed by atoms with Gasteiger partial charge in [0.25, 0.3) is 0 Å². The molecule has 1 aromatic heterocycles. The van der Waals surface area contributed by atoms with E-state index in [0.29, 0.717) is 6.54 Å². The lowest BCUT2D eigenvalue weighted by Gasteiger charge is -2.13. The van der Waals surface area contributed by atoms with Crippen LogP contribution >= 0.6 is 27.3 Å². The summed E-state index contributed by atoms with van der Waals surface area (Å²) >= 11 is 4.70. The molecule has 0 amide bonds. The first-order valence-electron chi connectivity index (χ1n) is 4.34. The second kappa shape index (κ2) is 5.66. The standard InChI is InChI=1S/C9H8BrF3N2S/c10-8-2-1-7(16-8)5-15-4-6(3-14)9(11,12)13/h1-2,6,15H,4-5H2. The number of halogens is 4. The van der Waals surface area contributed by atoms with E-state index in [0.717, 1.165) is 8.66 Å². The Balaban J connectivity index is 2.38. The number of thiophene rings is 1. The Kier molecular flexibility index (Phi) is 4.77. The number of hydrogen-bond donors (Lipinski definition) is 1. The summed E-state index contributed by atoms with van der Waals surface area (Å²) in [4.78, 5) is 0.922. The van der Waals surface area contributed by atoms with Crippen LogP contribution in [0.1, 0.15) is 4.88 Å². The summed E-state index contributed by atoms with van der Waals surface area (Å²) in [6.45, 7) is -0.0416. The van der Waals surface area contributed by atoms with Crippen molar-refractivity contribution in [3.63, 3.8) is 0 Å². The molecular formula is C9H8BrF3N2S. The maximum Gasteiger partial charge on any atom is 0.405 e. The van der Waals surface area contributed by atoms with Crippen molar-refractivity contribution in [3.05, 3.63) is 20.8 Å². The average Bonchev–Trinajstić information content (AvgIpc) is 2.57. The Morgan fingerprint density at radius 3 is 2.62 bits per heavy atom. The van der Waals surface area contributed by atoms with Gasteiger partial charge in [-0.2, -0.15) is 18.4 Å². The molecule has 1 rings (SSSR count). The van der Waals surface area contributed by atoms with Crippen LogP contribution in [0.25, 0.3) is 0 Å². The van der Waals surface area contributed by atoms with Crippen molar-refractivity contribution in [2.45, 2.75) is 12.7 Å². The first-order chi connectivity index (χ1) is 7.43. The van der Waals surface area contributed by atoms with Crippen molar-refractivity contribution < 1.29 is 13.2 Å². The number of nitrogens with one attached hydrogen (secondary N) is 1. The minimum atomic E-state index is -4.46. The molecule has 16 heavy (non-hydrogen) atoms. The molecular weight excluding hydrogens is 305 g/mol. The molecule has 0 aliphatic heterocycles. The van der Waals surface area contributed by atoms with E-state index >= 15 is 0 Å². The largest absolute Gasteiger partial charge is 0.405 e. The van der Waals surface area contributed by atoms with Crippen LogP contribution in [-0.4, -0.2) is 12.7 Å². The van der Waals surface area contributed by atoms with Gasteiger partial charge in [-0.25, -0.2) is 0 Å². The van der Waals surface area contributed by atoms with E-state index in [4.69, 9.17) is 5.26 Å². The molecule has 0 bridgehead atoms. The van der Waals surface area contributed by atoms with Crippen molar-refractivity contribution in [2.75, 3.05) is 6.54 Å². The smallest absolute Gasteiger partial charge is 0.310 e. The van der Waals surface area contributed by atoms with Crippen LogP contribution < -0.4 is 5.32 Å². The van der Waals surface area contributed by atoms with Gasteiger partial charge in [-0.15, -0.1) is 11.3 Å². The molecule has 7 heteroatoms. The molecule has 0 saturated carbocycles. The zero-order chi connectivity index (χ0) is 12.2. The van der Waals surface area contributed by atoms with Crippen LogP contribution in [0, 0.1) is 17.2 Å². The van der Waals surface area contributed by atoms with Crippen LogP contribution in [0.4, 0.5) is 13.2 Å². The number of alkyl halides is 3. The summed E-state index contributed by atoms with van der Waals surface area (Å²) in [6, 6.07) is 4.88. The second-order valence-electron chi connectivity index (χ2n) is 3.06. The highest BCUT2D eigenvalue weighted by atomic mass is 79.9. The third-order valence-electron chi connectivity index (χ3n) is 1.83. The van der Waals surface area contributed by atoms with E-state index in [1.807, 2.05) is 12.1 Å². The fourth-order valence-electron chi connectivity index (χ4n) is 1.02. The van der Waals surface area contributed by atoms with Crippen molar-refractivity contribution in [1.29, 1.82) is 5.26 Å². The lowest BCUT2D eigenvalue weighted by Crippen LogP contribution is -2.32. The Labute approximate surface area is 103 Å². The lowest BCUT2D eigenvalue weighted by atomic mass is 10.1. The Bertz CT molecular complexity index is 383. The summed E-state index contributed by atoms with van der Waals surface area (Å²) in [5.41, 5.74) is 0. The monoisotopic (exact) mass is 312 g/mol. The third-order valence-corrected chi connectivity index (χ3v) is 3.45. The Morgan fingerprint density at radius 2 is 2.19 bits per heavy atom. The zero-order valence-electron chi connectivity index (χ0n) is 8.01. The molecule has 0 aliphatic carbocycles. The van der Waals surface area contributed by atoms with Crippen molar-refractivity contribution >= 4 is 27.3 Å². The highest BCUT2D eigenvalue weighted by Crippen LogP contribution is 2.25. The van der Waals surface area contributed by atoms with Gasteiger partial charge in [-0.1, -0.05) is 0 Å². The Hall–Kier alpha value is -0.580. The van der Waals surface area contributed by atoms with Gasteiger partial charge < -0.3 is 5.32 Å². The van der Waals surface area contributed by atoms with Gasteiger partial charge in [0.05, 0.1) is 9.86 Å². The van der Waals surface area contributed by atoms with Gasteiger partial charge in [0.15, 0.2) is 5.92 Å². The van der Waals surface area contributed by atoms with E-state index in [-0.39, 0.29) is 6.54 Å². The van der Waals surface area contributed by atoms with Crippen molar-refractivity contribution in [3.8, 4) is 6.07 Å². The maximum atomic E-state index is 12.2. The number of rotatable bonds is 4. The molecule has 88 valence electrons. The van der Waals surface area contributed by atoms with E-state index < -0.39 is 12.1 Å². The zero-order valence-corrected chi connectivity index (χ0v) is 10.4. The van der Waals surface area contributed by atoms with Crippen molar-refractivity contribution in [2.24, 2.45) is 5.92 Å². The molecule has 1 aromatic rings. The van der Waals surface area contributed by atoms with Crippen LogP contribution in [0.5, 0.6) is 0 Å². The van der Waals surface area contributed by atoms with Gasteiger partial charge in [-0.3, -0.25) is 0 Å². The molecule has 1 heterocycles. The molecule has 2 nitrogen and oxygen atoms in total. The first kappa shape index (κ1) is 13.5. The third kappa shape index (κ3) is 4.12.